The van der Waals surface area contributed by atoms with E-state index in [1.807, 2.05) is 38.1 Å². The highest BCUT2D eigenvalue weighted by Gasteiger charge is 2.10. The molecule has 0 radical (unpaired) electrons. The van der Waals surface area contributed by atoms with Gasteiger partial charge in [0.25, 0.3) is 5.91 Å². The molecule has 0 saturated carbocycles. The smallest absolute Gasteiger partial charge is 0.274 e. The van der Waals surface area contributed by atoms with Gasteiger partial charge in [0.2, 0.25) is 0 Å². The number of anilines is 2. The summed E-state index contributed by atoms with van der Waals surface area (Å²) in [6.45, 7) is 6.71. The second-order valence-electron chi connectivity index (χ2n) is 6.40. The van der Waals surface area contributed by atoms with E-state index in [4.69, 9.17) is 0 Å². The van der Waals surface area contributed by atoms with Gasteiger partial charge in [-0.2, -0.15) is 0 Å². The van der Waals surface area contributed by atoms with Crippen molar-refractivity contribution in [1.29, 1.82) is 0 Å². The monoisotopic (exact) mass is 346 g/mol. The molecule has 1 aromatic heterocycles. The fourth-order valence-corrected chi connectivity index (χ4v) is 2.81. The van der Waals surface area contributed by atoms with Crippen LogP contribution in [0, 0.1) is 20.8 Å². The minimum Gasteiger partial charge on any atom is -0.366 e. The molecule has 2 aromatic carbocycles. The molecule has 5 nitrogen and oxygen atoms in total. The first-order valence-electron chi connectivity index (χ1n) is 8.51. The summed E-state index contributed by atoms with van der Waals surface area (Å²) >= 11 is 0. The third kappa shape index (κ3) is 4.45. The summed E-state index contributed by atoms with van der Waals surface area (Å²) in [5.41, 5.74) is 5.69. The number of aromatic nitrogens is 2. The molecule has 0 spiro atoms. The Bertz CT molecular complexity index is 917. The zero-order valence-electron chi connectivity index (χ0n) is 15.2. The number of carbonyl (C=O) groups excluding carboxylic acids is 1. The zero-order valence-corrected chi connectivity index (χ0v) is 15.2. The van der Waals surface area contributed by atoms with E-state index in [-0.39, 0.29) is 5.91 Å². The molecule has 0 bridgehead atoms. The van der Waals surface area contributed by atoms with Gasteiger partial charge >= 0.3 is 0 Å². The first-order chi connectivity index (χ1) is 12.5. The van der Waals surface area contributed by atoms with Crippen LogP contribution < -0.4 is 10.6 Å². The third-order valence-electron chi connectivity index (χ3n) is 4.10. The molecule has 3 aromatic rings. The molecule has 0 fully saturated rings. The summed E-state index contributed by atoms with van der Waals surface area (Å²) in [6.07, 6.45) is 1.40. The molecular formula is C21H22N4O. The quantitative estimate of drug-likeness (QED) is 0.724. The fourth-order valence-electron chi connectivity index (χ4n) is 2.81. The molecule has 132 valence electrons. The highest BCUT2D eigenvalue weighted by molar-refractivity contribution is 6.03. The Morgan fingerprint density at radius 2 is 1.69 bits per heavy atom. The van der Waals surface area contributed by atoms with Gasteiger partial charge in [-0.25, -0.2) is 9.97 Å². The number of nitrogens with zero attached hydrogens (tertiary/aromatic N) is 2. The maximum Gasteiger partial charge on any atom is 0.274 e. The molecule has 2 N–H and O–H groups in total. The minimum atomic E-state index is -0.253. The van der Waals surface area contributed by atoms with Crippen LogP contribution in [0.4, 0.5) is 11.5 Å². The summed E-state index contributed by atoms with van der Waals surface area (Å²) in [5.74, 6) is 0.366. The van der Waals surface area contributed by atoms with Crippen LogP contribution in [0.2, 0.25) is 0 Å². The van der Waals surface area contributed by atoms with Crippen LogP contribution in [-0.2, 0) is 6.54 Å². The number of aryl methyl sites for hydroxylation is 3. The Balaban J connectivity index is 1.70. The van der Waals surface area contributed by atoms with Gasteiger partial charge in [-0.3, -0.25) is 4.79 Å². The number of amides is 1. The van der Waals surface area contributed by atoms with E-state index in [0.717, 1.165) is 16.8 Å². The number of hydrogen-bond acceptors (Lipinski definition) is 4. The minimum absolute atomic E-state index is 0.253. The summed E-state index contributed by atoms with van der Waals surface area (Å²) in [6, 6.07) is 15.7. The number of benzene rings is 2. The van der Waals surface area contributed by atoms with Crippen molar-refractivity contribution in [1.82, 2.24) is 9.97 Å². The van der Waals surface area contributed by atoms with Gasteiger partial charge in [0.15, 0.2) is 0 Å². The maximum absolute atomic E-state index is 12.5. The Hall–Kier alpha value is -3.21. The lowest BCUT2D eigenvalue weighted by atomic mass is 10.1. The van der Waals surface area contributed by atoms with Gasteiger partial charge in [0.1, 0.15) is 17.8 Å². The topological polar surface area (TPSA) is 66.9 Å². The summed E-state index contributed by atoms with van der Waals surface area (Å²) in [5, 5.41) is 6.14. The van der Waals surface area contributed by atoms with Gasteiger partial charge in [0.05, 0.1) is 0 Å². The van der Waals surface area contributed by atoms with Crippen molar-refractivity contribution in [3.05, 3.63) is 82.8 Å². The lowest BCUT2D eigenvalue weighted by Gasteiger charge is -2.10. The van der Waals surface area contributed by atoms with Gasteiger partial charge in [-0.05, 0) is 55.2 Å². The second kappa shape index (κ2) is 7.78. The lowest BCUT2D eigenvalue weighted by molar-refractivity contribution is 0.102. The van der Waals surface area contributed by atoms with Gasteiger partial charge in [-0.15, -0.1) is 0 Å². The summed E-state index contributed by atoms with van der Waals surface area (Å²) in [7, 11) is 0. The van der Waals surface area contributed by atoms with Crippen molar-refractivity contribution >= 4 is 17.4 Å². The Kier molecular flexibility index (Phi) is 5.27. The van der Waals surface area contributed by atoms with E-state index in [1.165, 1.54) is 17.5 Å². The molecule has 0 aliphatic rings. The van der Waals surface area contributed by atoms with Crippen molar-refractivity contribution < 1.29 is 4.79 Å². The predicted octanol–water partition coefficient (Wildman–Crippen LogP) is 4.27. The number of rotatable bonds is 5. The molecule has 3 rings (SSSR count). The Morgan fingerprint density at radius 3 is 2.42 bits per heavy atom. The van der Waals surface area contributed by atoms with Gasteiger partial charge in [-0.1, -0.05) is 30.3 Å². The van der Waals surface area contributed by atoms with Crippen molar-refractivity contribution in [2.75, 3.05) is 10.6 Å². The SMILES string of the molecule is Cc1cc(C)cc(NC(=O)c2cc(NCc3ccccc3C)ncn2)c1. The summed E-state index contributed by atoms with van der Waals surface area (Å²) < 4.78 is 0. The molecule has 1 heterocycles. The highest BCUT2D eigenvalue weighted by atomic mass is 16.1. The molecule has 1 amide bonds. The lowest BCUT2D eigenvalue weighted by Crippen LogP contribution is -2.15. The molecule has 0 aliphatic carbocycles. The van der Waals surface area contributed by atoms with Crippen molar-refractivity contribution in [3.63, 3.8) is 0 Å². The van der Waals surface area contributed by atoms with Crippen LogP contribution in [0.25, 0.3) is 0 Å². The van der Waals surface area contributed by atoms with E-state index >= 15 is 0 Å². The third-order valence-corrected chi connectivity index (χ3v) is 4.10. The Morgan fingerprint density at radius 1 is 0.962 bits per heavy atom. The van der Waals surface area contributed by atoms with Crippen LogP contribution in [0.3, 0.4) is 0 Å². The van der Waals surface area contributed by atoms with Crippen molar-refractivity contribution in [3.8, 4) is 0 Å². The standard InChI is InChI=1S/C21H22N4O/c1-14-8-15(2)10-18(9-14)25-21(26)19-11-20(24-13-23-19)22-12-17-7-5-4-6-16(17)3/h4-11,13H,12H2,1-3H3,(H,25,26)(H,22,23,24). The van der Waals surface area contributed by atoms with E-state index in [0.29, 0.717) is 18.1 Å². The van der Waals surface area contributed by atoms with Crippen LogP contribution in [0.5, 0.6) is 0 Å². The molecule has 0 unspecified atom stereocenters. The first-order valence-corrected chi connectivity index (χ1v) is 8.51. The average Bonchev–Trinajstić information content (AvgIpc) is 2.60. The van der Waals surface area contributed by atoms with Crippen LogP contribution >= 0.6 is 0 Å². The van der Waals surface area contributed by atoms with Crippen LogP contribution in [0.15, 0.2) is 54.9 Å². The number of hydrogen-bond donors (Lipinski definition) is 2. The fraction of sp³-hybridized carbons (Fsp3) is 0.190. The maximum atomic E-state index is 12.5. The molecule has 5 heteroatoms. The predicted molar refractivity (Wildman–Crippen MR) is 104 cm³/mol. The number of nitrogens with one attached hydrogen (secondary N) is 2. The highest BCUT2D eigenvalue weighted by Crippen LogP contribution is 2.15. The second-order valence-corrected chi connectivity index (χ2v) is 6.40. The van der Waals surface area contributed by atoms with Crippen LogP contribution in [-0.4, -0.2) is 15.9 Å². The van der Waals surface area contributed by atoms with Gasteiger partial charge in [0, 0.05) is 18.3 Å². The van der Waals surface area contributed by atoms with E-state index < -0.39 is 0 Å². The molecule has 0 atom stereocenters. The van der Waals surface area contributed by atoms with E-state index in [1.54, 1.807) is 6.07 Å². The zero-order chi connectivity index (χ0) is 18.5. The van der Waals surface area contributed by atoms with Crippen molar-refractivity contribution in [2.24, 2.45) is 0 Å². The first kappa shape index (κ1) is 17.6. The van der Waals surface area contributed by atoms with Crippen molar-refractivity contribution in [2.45, 2.75) is 27.3 Å². The largest absolute Gasteiger partial charge is 0.366 e. The molecule has 0 saturated heterocycles. The normalized spacial score (nSPS) is 10.4. The molecule has 26 heavy (non-hydrogen) atoms. The number of carbonyl (C=O) groups is 1. The molecule has 0 aliphatic heterocycles. The van der Waals surface area contributed by atoms with Gasteiger partial charge < -0.3 is 10.6 Å². The average molecular weight is 346 g/mol. The summed E-state index contributed by atoms with van der Waals surface area (Å²) in [4.78, 5) is 20.8. The van der Waals surface area contributed by atoms with E-state index in [2.05, 4.69) is 45.7 Å². The Labute approximate surface area is 153 Å². The molecular weight excluding hydrogens is 324 g/mol. The van der Waals surface area contributed by atoms with Crippen LogP contribution in [0.1, 0.15) is 32.7 Å². The van der Waals surface area contributed by atoms with E-state index in [9.17, 15) is 4.79 Å².